The highest BCUT2D eigenvalue weighted by atomic mass is 35.5. The zero-order chi connectivity index (χ0) is 14.7. The topological polar surface area (TPSA) is 23.6 Å². The Morgan fingerprint density at radius 3 is 2.45 bits per heavy atom. The van der Waals surface area contributed by atoms with Crippen LogP contribution in [0.3, 0.4) is 0 Å². The number of piperazine rings is 1. The van der Waals surface area contributed by atoms with E-state index in [0.29, 0.717) is 19.5 Å². The van der Waals surface area contributed by atoms with Crippen LogP contribution in [0.4, 0.5) is 10.1 Å². The molecule has 0 N–H and O–H groups in total. The van der Waals surface area contributed by atoms with Crippen LogP contribution in [0, 0.1) is 11.7 Å². The van der Waals surface area contributed by atoms with Crippen molar-refractivity contribution in [3.05, 3.63) is 35.0 Å². The van der Waals surface area contributed by atoms with Crippen molar-refractivity contribution in [1.29, 1.82) is 0 Å². The van der Waals surface area contributed by atoms with E-state index in [9.17, 15) is 9.18 Å². The summed E-state index contributed by atoms with van der Waals surface area (Å²) in [6.07, 6.45) is 0.516. The second-order valence-corrected chi connectivity index (χ2v) is 5.76. The number of halogens is 2. The van der Waals surface area contributed by atoms with E-state index >= 15 is 0 Å². The standard InChI is InChI=1S/C15H19ClFN2O/c1-11(2)9-15(20)19-7-5-18(6-8-19)12-3-4-14(17)13(16)10-12/h3-4,10H,5-9H2,1-2H3. The normalized spacial score (nSPS) is 15.8. The molecule has 1 aromatic rings. The summed E-state index contributed by atoms with van der Waals surface area (Å²) in [7, 11) is 0. The van der Waals surface area contributed by atoms with E-state index in [0.717, 1.165) is 24.7 Å². The lowest BCUT2D eigenvalue weighted by Gasteiger charge is -2.36. The number of hydrogen-bond donors (Lipinski definition) is 0. The predicted octanol–water partition coefficient (Wildman–Crippen LogP) is 3.13. The molecule has 1 aliphatic rings. The molecule has 0 bridgehead atoms. The number of amides is 1. The first-order chi connectivity index (χ1) is 9.47. The zero-order valence-electron chi connectivity index (χ0n) is 11.8. The van der Waals surface area contributed by atoms with Crippen LogP contribution in [0.25, 0.3) is 0 Å². The molecule has 20 heavy (non-hydrogen) atoms. The number of rotatable bonds is 3. The van der Waals surface area contributed by atoms with Gasteiger partial charge in [0.05, 0.1) is 5.02 Å². The maximum atomic E-state index is 13.1. The summed E-state index contributed by atoms with van der Waals surface area (Å²) in [4.78, 5) is 16.0. The number of anilines is 1. The molecule has 0 unspecified atom stereocenters. The molecule has 1 heterocycles. The van der Waals surface area contributed by atoms with Crippen LogP contribution < -0.4 is 4.90 Å². The van der Waals surface area contributed by atoms with Gasteiger partial charge >= 0.3 is 0 Å². The first-order valence-electron chi connectivity index (χ1n) is 6.74. The minimum atomic E-state index is -0.404. The van der Waals surface area contributed by atoms with Crippen LogP contribution in [-0.4, -0.2) is 37.0 Å². The molecule has 1 fully saturated rings. The highest BCUT2D eigenvalue weighted by molar-refractivity contribution is 6.31. The van der Waals surface area contributed by atoms with Crippen molar-refractivity contribution in [2.75, 3.05) is 31.1 Å². The van der Waals surface area contributed by atoms with E-state index in [2.05, 4.69) is 4.90 Å². The Morgan fingerprint density at radius 2 is 1.90 bits per heavy atom. The van der Waals surface area contributed by atoms with Crippen molar-refractivity contribution in [1.82, 2.24) is 4.90 Å². The highest BCUT2D eigenvalue weighted by Crippen LogP contribution is 2.23. The SMILES string of the molecule is C[C](C)CC(=O)N1CCN(c2ccc(F)c(Cl)c2)CC1. The summed E-state index contributed by atoms with van der Waals surface area (Å²) in [6, 6.07) is 4.74. The number of carbonyl (C=O) groups excluding carboxylic acids is 1. The summed E-state index contributed by atoms with van der Waals surface area (Å²) in [5.74, 6) is 0.905. The quantitative estimate of drug-likeness (QED) is 0.856. The van der Waals surface area contributed by atoms with Crippen molar-refractivity contribution >= 4 is 23.2 Å². The number of hydrogen-bond acceptors (Lipinski definition) is 2. The highest BCUT2D eigenvalue weighted by Gasteiger charge is 2.22. The van der Waals surface area contributed by atoms with Gasteiger partial charge in [0.2, 0.25) is 5.91 Å². The molecule has 0 aliphatic carbocycles. The number of benzene rings is 1. The van der Waals surface area contributed by atoms with Gasteiger partial charge in [-0.05, 0) is 24.1 Å². The van der Waals surface area contributed by atoms with Crippen molar-refractivity contribution in [3.63, 3.8) is 0 Å². The second-order valence-electron chi connectivity index (χ2n) is 5.35. The van der Waals surface area contributed by atoms with Crippen LogP contribution in [0.15, 0.2) is 18.2 Å². The number of nitrogens with zero attached hydrogens (tertiary/aromatic N) is 2. The fraction of sp³-hybridized carbons (Fsp3) is 0.467. The van der Waals surface area contributed by atoms with Gasteiger partial charge < -0.3 is 9.80 Å². The van der Waals surface area contributed by atoms with Crippen molar-refractivity contribution in [2.24, 2.45) is 0 Å². The van der Waals surface area contributed by atoms with Crippen molar-refractivity contribution in [3.8, 4) is 0 Å². The van der Waals surface area contributed by atoms with Gasteiger partial charge in [-0.1, -0.05) is 25.4 Å². The molecule has 1 saturated heterocycles. The largest absolute Gasteiger partial charge is 0.368 e. The number of carbonyl (C=O) groups is 1. The average molecular weight is 298 g/mol. The molecular formula is C15H19ClFN2O. The Bertz CT molecular complexity index is 485. The van der Waals surface area contributed by atoms with E-state index in [1.54, 1.807) is 12.1 Å². The minimum Gasteiger partial charge on any atom is -0.368 e. The maximum absolute atomic E-state index is 13.1. The molecule has 3 nitrogen and oxygen atoms in total. The molecule has 0 aromatic heterocycles. The molecule has 1 radical (unpaired) electrons. The van der Waals surface area contributed by atoms with Gasteiger partial charge in [-0.3, -0.25) is 4.79 Å². The predicted molar refractivity (Wildman–Crippen MR) is 79.4 cm³/mol. The third-order valence-electron chi connectivity index (χ3n) is 3.41. The van der Waals surface area contributed by atoms with E-state index in [1.807, 2.05) is 18.7 Å². The summed E-state index contributed by atoms with van der Waals surface area (Å²) in [6.45, 7) is 6.82. The molecule has 5 heteroatoms. The molecule has 0 spiro atoms. The molecule has 2 rings (SSSR count). The first-order valence-corrected chi connectivity index (χ1v) is 7.12. The van der Waals surface area contributed by atoms with Gasteiger partial charge in [-0.2, -0.15) is 0 Å². The van der Waals surface area contributed by atoms with Crippen molar-refractivity contribution in [2.45, 2.75) is 20.3 Å². The second kappa shape index (κ2) is 6.44. The monoisotopic (exact) mass is 297 g/mol. The fourth-order valence-corrected chi connectivity index (χ4v) is 2.48. The van der Waals surface area contributed by atoms with Crippen LogP contribution >= 0.6 is 11.6 Å². The van der Waals surface area contributed by atoms with E-state index in [1.165, 1.54) is 6.07 Å². The van der Waals surface area contributed by atoms with Gasteiger partial charge in [-0.25, -0.2) is 4.39 Å². The molecule has 0 saturated carbocycles. The Hall–Kier alpha value is -1.29. The maximum Gasteiger partial charge on any atom is 0.223 e. The summed E-state index contributed by atoms with van der Waals surface area (Å²) in [5.41, 5.74) is 0.904. The summed E-state index contributed by atoms with van der Waals surface area (Å²) in [5, 5.41) is 0.136. The zero-order valence-corrected chi connectivity index (χ0v) is 12.6. The van der Waals surface area contributed by atoms with Crippen molar-refractivity contribution < 1.29 is 9.18 Å². The smallest absolute Gasteiger partial charge is 0.223 e. The molecule has 1 aliphatic heterocycles. The molecular weight excluding hydrogens is 279 g/mol. The van der Waals surface area contributed by atoms with Gasteiger partial charge in [-0.15, -0.1) is 0 Å². The first kappa shape index (κ1) is 15.1. The van der Waals surface area contributed by atoms with Crippen LogP contribution in [-0.2, 0) is 4.79 Å². The van der Waals surface area contributed by atoms with E-state index < -0.39 is 5.82 Å². The molecule has 0 atom stereocenters. The van der Waals surface area contributed by atoms with Gasteiger partial charge in [0.15, 0.2) is 0 Å². The Balaban J connectivity index is 1.94. The van der Waals surface area contributed by atoms with Gasteiger partial charge in [0, 0.05) is 38.3 Å². The Labute approximate surface area is 124 Å². The third kappa shape index (κ3) is 3.63. The summed E-state index contributed by atoms with van der Waals surface area (Å²) < 4.78 is 13.1. The van der Waals surface area contributed by atoms with Gasteiger partial charge in [0.1, 0.15) is 5.82 Å². The third-order valence-corrected chi connectivity index (χ3v) is 3.70. The lowest BCUT2D eigenvalue weighted by atomic mass is 10.1. The summed E-state index contributed by atoms with van der Waals surface area (Å²) >= 11 is 5.80. The lowest BCUT2D eigenvalue weighted by molar-refractivity contribution is -0.131. The Kier molecular flexibility index (Phi) is 4.86. The average Bonchev–Trinajstić information content (AvgIpc) is 2.41. The van der Waals surface area contributed by atoms with Crippen LogP contribution in [0.5, 0.6) is 0 Å². The van der Waals surface area contributed by atoms with Crippen LogP contribution in [0.2, 0.25) is 5.02 Å². The fourth-order valence-electron chi connectivity index (χ4n) is 2.31. The molecule has 1 aromatic carbocycles. The molecule has 1 amide bonds. The lowest BCUT2D eigenvalue weighted by Crippen LogP contribution is -2.49. The minimum absolute atomic E-state index is 0.136. The van der Waals surface area contributed by atoms with E-state index in [-0.39, 0.29) is 10.9 Å². The van der Waals surface area contributed by atoms with Gasteiger partial charge in [0.25, 0.3) is 0 Å². The molecule has 109 valence electrons. The van der Waals surface area contributed by atoms with Crippen LogP contribution in [0.1, 0.15) is 20.3 Å². The van der Waals surface area contributed by atoms with E-state index in [4.69, 9.17) is 11.6 Å². The Morgan fingerprint density at radius 1 is 1.25 bits per heavy atom.